The number of nitro benzene ring substituents is 1. The number of hydrogen-bond acceptors (Lipinski definition) is 5. The van der Waals surface area contributed by atoms with Gasteiger partial charge in [-0.2, -0.15) is 0 Å². The molecular weight excluding hydrogens is 372 g/mol. The van der Waals surface area contributed by atoms with Crippen molar-refractivity contribution in [2.75, 3.05) is 0 Å². The number of fused-ring (bicyclic) bond motifs is 1. The van der Waals surface area contributed by atoms with E-state index in [0.29, 0.717) is 11.3 Å². The lowest BCUT2D eigenvalue weighted by molar-refractivity contribution is -0.385. The summed E-state index contributed by atoms with van der Waals surface area (Å²) in [5.74, 6) is -1.35. The van der Waals surface area contributed by atoms with E-state index in [-0.39, 0.29) is 10.6 Å². The molecule has 1 N–H and O–H groups in total. The number of benzene rings is 2. The molecule has 0 aliphatic rings. The number of carbonyl (C=O) groups is 2. The maximum Gasteiger partial charge on any atom is 0.345 e. The molecule has 0 saturated heterocycles. The molecule has 0 spiro atoms. The summed E-state index contributed by atoms with van der Waals surface area (Å²) in [6, 6.07) is 10.9. The number of aryl methyl sites for hydroxylation is 1. The largest absolute Gasteiger partial charge is 0.450 e. The Kier molecular flexibility index (Phi) is 4.96. The summed E-state index contributed by atoms with van der Waals surface area (Å²) in [5, 5.41) is 12.0. The van der Waals surface area contributed by atoms with E-state index >= 15 is 0 Å². The molecule has 3 rings (SSSR count). The first-order chi connectivity index (χ1) is 12.8. The summed E-state index contributed by atoms with van der Waals surface area (Å²) in [7, 11) is 0. The molecule has 2 aromatic carbocycles. The second-order valence-corrected chi connectivity index (χ2v) is 6.44. The van der Waals surface area contributed by atoms with Crippen LogP contribution in [0.3, 0.4) is 0 Å². The van der Waals surface area contributed by atoms with Crippen molar-refractivity contribution in [1.29, 1.82) is 0 Å². The molecule has 7 nitrogen and oxygen atoms in total. The number of nitrogens with zero attached hydrogens (tertiary/aromatic N) is 1. The summed E-state index contributed by atoms with van der Waals surface area (Å²) in [6.45, 7) is 3.19. The molecule has 1 unspecified atom stereocenters. The second-order valence-electron chi connectivity index (χ2n) is 6.00. The quantitative estimate of drug-likeness (QED) is 0.301. The second kappa shape index (κ2) is 7.20. The highest BCUT2D eigenvalue weighted by Gasteiger charge is 2.28. The van der Waals surface area contributed by atoms with Gasteiger partial charge in [0.25, 0.3) is 5.69 Å². The summed E-state index contributed by atoms with van der Waals surface area (Å²) < 4.78 is 5.21. The zero-order chi connectivity index (χ0) is 19.7. The van der Waals surface area contributed by atoms with Crippen LogP contribution in [0.5, 0.6) is 0 Å². The number of aromatic nitrogens is 1. The molecule has 0 saturated carbocycles. The average molecular weight is 387 g/mol. The number of halogens is 1. The molecule has 8 heteroatoms. The van der Waals surface area contributed by atoms with Crippen LogP contribution in [0.4, 0.5) is 5.69 Å². The van der Waals surface area contributed by atoms with E-state index in [2.05, 4.69) is 4.98 Å². The Labute approximate surface area is 159 Å². The van der Waals surface area contributed by atoms with Crippen molar-refractivity contribution >= 4 is 39.9 Å². The third-order valence-corrected chi connectivity index (χ3v) is 4.40. The van der Waals surface area contributed by atoms with Crippen LogP contribution in [0, 0.1) is 17.0 Å². The molecule has 1 aromatic heterocycles. The maximum atomic E-state index is 12.8. The fourth-order valence-electron chi connectivity index (χ4n) is 2.90. The number of para-hydroxylation sites is 1. The molecule has 3 aromatic rings. The molecule has 1 atom stereocenters. The number of ketones is 1. The Balaban J connectivity index is 1.88. The number of nitrogens with one attached hydrogen (secondary N) is 1. The van der Waals surface area contributed by atoms with E-state index in [1.807, 2.05) is 12.1 Å². The number of aromatic amines is 1. The van der Waals surface area contributed by atoms with Gasteiger partial charge in [0.2, 0.25) is 5.78 Å². The number of carbonyl (C=O) groups excluding carboxylic acids is 2. The van der Waals surface area contributed by atoms with Gasteiger partial charge in [-0.3, -0.25) is 14.9 Å². The minimum atomic E-state index is -1.12. The molecule has 0 fully saturated rings. The zero-order valence-corrected chi connectivity index (χ0v) is 15.2. The Morgan fingerprint density at radius 2 is 1.93 bits per heavy atom. The van der Waals surface area contributed by atoms with Crippen molar-refractivity contribution < 1.29 is 19.2 Å². The lowest BCUT2D eigenvalue weighted by Crippen LogP contribution is -2.25. The lowest BCUT2D eigenvalue weighted by Gasteiger charge is -2.13. The monoisotopic (exact) mass is 386 g/mol. The number of rotatable bonds is 5. The fraction of sp³-hybridized carbons (Fsp3) is 0.158. The molecule has 0 aliphatic carbocycles. The predicted molar refractivity (Wildman–Crippen MR) is 100 cm³/mol. The molecule has 0 amide bonds. The van der Waals surface area contributed by atoms with E-state index in [4.69, 9.17) is 16.3 Å². The SMILES string of the molecule is Cc1[nH]c2ccccc2c1C(=O)C(C)OC(=O)c1ccc(Cl)cc1[N+](=O)[O-]. The highest BCUT2D eigenvalue weighted by molar-refractivity contribution is 6.31. The van der Waals surface area contributed by atoms with Gasteiger partial charge < -0.3 is 9.72 Å². The summed E-state index contributed by atoms with van der Waals surface area (Å²) in [5.41, 5.74) is 1.14. The minimum Gasteiger partial charge on any atom is -0.450 e. The van der Waals surface area contributed by atoms with Gasteiger partial charge in [0, 0.05) is 33.2 Å². The van der Waals surface area contributed by atoms with E-state index in [1.54, 1.807) is 19.1 Å². The van der Waals surface area contributed by atoms with Gasteiger partial charge in [0.1, 0.15) is 5.56 Å². The third-order valence-electron chi connectivity index (χ3n) is 4.17. The normalized spacial score (nSPS) is 12.0. The van der Waals surface area contributed by atoms with Gasteiger partial charge in [-0.05, 0) is 32.0 Å². The standard InChI is InChI=1S/C19H15ClN2O5/c1-10-17(13-5-3-4-6-15(13)21-10)18(23)11(2)27-19(24)14-8-7-12(20)9-16(14)22(25)26/h3-9,11,21H,1-2H3. The van der Waals surface area contributed by atoms with Crippen molar-refractivity contribution in [2.24, 2.45) is 0 Å². The number of esters is 1. The van der Waals surface area contributed by atoms with Crippen molar-refractivity contribution in [1.82, 2.24) is 4.98 Å². The number of nitro groups is 1. The van der Waals surface area contributed by atoms with Gasteiger partial charge in [-0.15, -0.1) is 0 Å². The Morgan fingerprint density at radius 3 is 2.63 bits per heavy atom. The van der Waals surface area contributed by atoms with Crippen LogP contribution >= 0.6 is 11.6 Å². The Bertz CT molecular complexity index is 1070. The Hall–Kier alpha value is -3.19. The smallest absolute Gasteiger partial charge is 0.345 e. The van der Waals surface area contributed by atoms with Crippen molar-refractivity contribution in [2.45, 2.75) is 20.0 Å². The van der Waals surface area contributed by atoms with Crippen LogP contribution in [0.25, 0.3) is 10.9 Å². The fourth-order valence-corrected chi connectivity index (χ4v) is 3.07. The number of ether oxygens (including phenoxy) is 1. The number of hydrogen-bond donors (Lipinski definition) is 1. The van der Waals surface area contributed by atoms with Gasteiger partial charge in [0.15, 0.2) is 6.10 Å². The van der Waals surface area contributed by atoms with Gasteiger partial charge in [-0.25, -0.2) is 4.79 Å². The lowest BCUT2D eigenvalue weighted by atomic mass is 10.0. The van der Waals surface area contributed by atoms with E-state index in [0.717, 1.165) is 17.0 Å². The van der Waals surface area contributed by atoms with Crippen LogP contribution < -0.4 is 0 Å². The van der Waals surface area contributed by atoms with E-state index < -0.39 is 28.5 Å². The number of Topliss-reactive ketones (excluding diaryl/α,β-unsaturated/α-hetero) is 1. The highest BCUT2D eigenvalue weighted by Crippen LogP contribution is 2.26. The summed E-state index contributed by atoms with van der Waals surface area (Å²) >= 11 is 5.75. The first-order valence-electron chi connectivity index (χ1n) is 8.06. The molecule has 0 bridgehead atoms. The molecule has 138 valence electrons. The summed E-state index contributed by atoms with van der Waals surface area (Å²) in [4.78, 5) is 38.7. The van der Waals surface area contributed by atoms with Crippen molar-refractivity contribution in [3.8, 4) is 0 Å². The van der Waals surface area contributed by atoms with Gasteiger partial charge >= 0.3 is 5.97 Å². The van der Waals surface area contributed by atoms with Crippen LogP contribution in [0.1, 0.15) is 33.3 Å². The van der Waals surface area contributed by atoms with Gasteiger partial charge in [-0.1, -0.05) is 29.8 Å². The molecular formula is C19H15ClN2O5. The van der Waals surface area contributed by atoms with Crippen molar-refractivity contribution in [3.05, 3.63) is 74.4 Å². The predicted octanol–water partition coefficient (Wildman–Crippen LogP) is 4.47. The number of H-pyrrole nitrogens is 1. The average Bonchev–Trinajstić information content (AvgIpc) is 2.96. The first kappa shape index (κ1) is 18.6. The molecule has 0 aliphatic heterocycles. The van der Waals surface area contributed by atoms with Crippen LogP contribution in [0.15, 0.2) is 42.5 Å². The minimum absolute atomic E-state index is 0.122. The van der Waals surface area contributed by atoms with E-state index in [9.17, 15) is 19.7 Å². The molecule has 27 heavy (non-hydrogen) atoms. The highest BCUT2D eigenvalue weighted by atomic mass is 35.5. The maximum absolute atomic E-state index is 12.8. The van der Waals surface area contributed by atoms with Crippen LogP contribution in [-0.4, -0.2) is 27.8 Å². The molecule has 1 heterocycles. The third kappa shape index (κ3) is 3.54. The van der Waals surface area contributed by atoms with Crippen LogP contribution in [-0.2, 0) is 4.74 Å². The van der Waals surface area contributed by atoms with Gasteiger partial charge in [0.05, 0.1) is 4.92 Å². The van der Waals surface area contributed by atoms with Crippen LogP contribution in [0.2, 0.25) is 5.02 Å². The van der Waals surface area contributed by atoms with Crippen molar-refractivity contribution in [3.63, 3.8) is 0 Å². The molecule has 0 radical (unpaired) electrons. The first-order valence-corrected chi connectivity index (χ1v) is 8.44. The topological polar surface area (TPSA) is 102 Å². The van der Waals surface area contributed by atoms with E-state index in [1.165, 1.54) is 19.1 Å². The zero-order valence-electron chi connectivity index (χ0n) is 14.5. The summed E-state index contributed by atoms with van der Waals surface area (Å²) in [6.07, 6.45) is -1.12. The Morgan fingerprint density at radius 1 is 1.22 bits per heavy atom.